The Morgan fingerprint density at radius 3 is 1.13 bits per heavy atom. The van der Waals surface area contributed by atoms with E-state index >= 15 is 0 Å². The first-order chi connectivity index (χ1) is 6.73. The van der Waals surface area contributed by atoms with Crippen LogP contribution in [0.1, 0.15) is 20.8 Å². The summed E-state index contributed by atoms with van der Waals surface area (Å²) in [5.74, 6) is 1.42. The van der Waals surface area contributed by atoms with Crippen molar-refractivity contribution in [2.45, 2.75) is 20.8 Å². The summed E-state index contributed by atoms with van der Waals surface area (Å²) < 4.78 is 0. The third-order valence-corrected chi connectivity index (χ3v) is 0.483. The number of hydrogen-bond donors (Lipinski definition) is 0. The van der Waals surface area contributed by atoms with Crippen LogP contribution in [0.3, 0.4) is 0 Å². The van der Waals surface area contributed by atoms with Crippen LogP contribution in [0, 0.1) is 5.92 Å². The summed E-state index contributed by atoms with van der Waals surface area (Å²) in [6.07, 6.45) is 3.28. The van der Waals surface area contributed by atoms with Crippen molar-refractivity contribution in [3.8, 4) is 0 Å². The molecule has 1 heterocycles. The Kier molecular flexibility index (Phi) is 46.2. The van der Waals surface area contributed by atoms with E-state index in [0.717, 1.165) is 0 Å². The molecule has 1 rings (SSSR count). The minimum absolute atomic E-state index is 0. The molecule has 0 saturated carbocycles. The smallest absolute Gasteiger partial charge is 0.545 e. The average molecular weight is 296 g/mol. The van der Waals surface area contributed by atoms with E-state index in [1.54, 1.807) is 12.4 Å². The molecular weight excluding hydrogens is 281 g/mol. The Morgan fingerprint density at radius 1 is 0.867 bits per heavy atom. The van der Waals surface area contributed by atoms with Gasteiger partial charge in [-0.1, -0.05) is 0 Å². The van der Waals surface area contributed by atoms with Crippen LogP contribution in [-0.2, 0) is 29.1 Å². The molecule has 15 heavy (non-hydrogen) atoms. The van der Waals surface area contributed by atoms with Gasteiger partial charge in [0.1, 0.15) is 0 Å². The van der Waals surface area contributed by atoms with Crippen LogP contribution in [0.2, 0.25) is 0 Å². The van der Waals surface area contributed by atoms with Crippen molar-refractivity contribution >= 4 is 13.6 Å². The van der Waals surface area contributed by atoms with E-state index in [-0.39, 0.29) is 19.5 Å². The molecule has 1 aromatic heterocycles. The molecule has 4 nitrogen and oxygen atoms in total. The molecule has 0 aliphatic heterocycles. The predicted octanol–water partition coefficient (Wildman–Crippen LogP) is 1.55. The van der Waals surface area contributed by atoms with Crippen LogP contribution in [0.5, 0.6) is 0 Å². The average Bonchev–Trinajstić information content (AvgIpc) is 2.25. The van der Waals surface area contributed by atoms with Crippen LogP contribution in [0.4, 0.5) is 0 Å². The Bertz CT molecular complexity index is 143. The number of rotatable bonds is 0. The topological polar surface area (TPSA) is 59.9 Å². The van der Waals surface area contributed by atoms with Crippen LogP contribution < -0.4 is 0 Å². The molecule has 0 aliphatic rings. The molecular formula is C10H15N2O2Ru. The zero-order chi connectivity index (χ0) is 11.8. The maximum Gasteiger partial charge on any atom is 3.00 e. The second-order valence-electron chi connectivity index (χ2n) is 2.41. The van der Waals surface area contributed by atoms with Gasteiger partial charge in [0.25, 0.3) is 0 Å². The van der Waals surface area contributed by atoms with Gasteiger partial charge in [-0.15, -0.1) is 0 Å². The number of nitrogens with zero attached hydrogens (tertiary/aromatic N) is 2. The largest absolute Gasteiger partial charge is 3.00 e. The van der Waals surface area contributed by atoms with Gasteiger partial charge in [0.15, 0.2) is 0 Å². The maximum absolute atomic E-state index is 7.75. The van der Waals surface area contributed by atoms with Crippen LogP contribution in [-0.4, -0.2) is 23.8 Å². The molecule has 0 bridgehead atoms. The summed E-state index contributed by atoms with van der Waals surface area (Å²) >= 11 is 0. The van der Waals surface area contributed by atoms with E-state index in [1.807, 2.05) is 12.1 Å². The Hall–Kier alpha value is -0.957. The summed E-state index contributed by atoms with van der Waals surface area (Å²) in [7, 11) is 0. The third kappa shape index (κ3) is 62.5. The minimum atomic E-state index is 0. The van der Waals surface area contributed by atoms with Gasteiger partial charge >= 0.3 is 19.5 Å². The molecule has 0 fully saturated rings. The summed E-state index contributed by atoms with van der Waals surface area (Å²) in [5.41, 5.74) is 0. The number of hydrogen-bond acceptors (Lipinski definition) is 4. The van der Waals surface area contributed by atoms with Crippen molar-refractivity contribution in [2.75, 3.05) is 0 Å². The van der Waals surface area contributed by atoms with Gasteiger partial charge in [-0.2, -0.15) is 31.0 Å². The predicted molar refractivity (Wildman–Crippen MR) is 55.8 cm³/mol. The SMILES string of the molecule is C[C-](C)C.[CH-]=O.[CH-]=O.[Ru+3].c1ccnnc1. The molecule has 0 aliphatic carbocycles. The fourth-order valence-electron chi connectivity index (χ4n) is 0.253. The van der Waals surface area contributed by atoms with Gasteiger partial charge < -0.3 is 15.5 Å². The second kappa shape index (κ2) is 29.2. The first-order valence-corrected chi connectivity index (χ1v) is 3.69. The number of carbonyl (C=O) groups excluding carboxylic acids is 2. The van der Waals surface area contributed by atoms with Crippen LogP contribution in [0.15, 0.2) is 24.5 Å². The molecule has 0 saturated heterocycles. The minimum Gasteiger partial charge on any atom is -0.545 e. The zero-order valence-corrected chi connectivity index (χ0v) is 10.8. The van der Waals surface area contributed by atoms with Crippen molar-refractivity contribution < 1.29 is 29.1 Å². The van der Waals surface area contributed by atoms with E-state index in [9.17, 15) is 0 Å². The van der Waals surface area contributed by atoms with Crippen molar-refractivity contribution in [2.24, 2.45) is 0 Å². The molecule has 0 spiro atoms. The Labute approximate surface area is 104 Å². The second-order valence-corrected chi connectivity index (χ2v) is 2.41. The quantitative estimate of drug-likeness (QED) is 0.414. The summed E-state index contributed by atoms with van der Waals surface area (Å²) in [4.78, 5) is 15.5. The third-order valence-electron chi connectivity index (χ3n) is 0.483. The summed E-state index contributed by atoms with van der Waals surface area (Å²) in [5, 5.41) is 7.07. The Morgan fingerprint density at radius 2 is 1.07 bits per heavy atom. The van der Waals surface area contributed by atoms with E-state index in [2.05, 4.69) is 44.5 Å². The first-order valence-electron chi connectivity index (χ1n) is 3.69. The van der Waals surface area contributed by atoms with Gasteiger partial charge in [0.05, 0.1) is 0 Å². The number of aromatic nitrogens is 2. The first kappa shape index (κ1) is 23.7. The van der Waals surface area contributed by atoms with Crippen LogP contribution in [0.25, 0.3) is 0 Å². The van der Waals surface area contributed by atoms with Crippen molar-refractivity contribution in [1.82, 2.24) is 10.2 Å². The molecule has 5 heteroatoms. The molecule has 0 unspecified atom stereocenters. The molecule has 0 amide bonds. The summed E-state index contributed by atoms with van der Waals surface area (Å²) in [6.45, 7) is 12.8. The standard InChI is InChI=1S/C4H4N2.C4H9.2CHO.Ru/c1-2-4-6-5-3-1;1-4(2)3;2*1-2;/h1-4H;1-3H3;2*1H;/q;3*-1;+3. The monoisotopic (exact) mass is 297 g/mol. The molecule has 1 radical (unpaired) electrons. The fourth-order valence-corrected chi connectivity index (χ4v) is 0.253. The van der Waals surface area contributed by atoms with Crippen molar-refractivity contribution in [1.29, 1.82) is 0 Å². The normalized spacial score (nSPS) is 6.13. The van der Waals surface area contributed by atoms with E-state index in [4.69, 9.17) is 9.59 Å². The van der Waals surface area contributed by atoms with Gasteiger partial charge in [0, 0.05) is 12.4 Å². The van der Waals surface area contributed by atoms with Gasteiger partial charge in [-0.25, -0.2) is 0 Å². The molecule has 0 atom stereocenters. The Balaban J connectivity index is -0.0000000601. The van der Waals surface area contributed by atoms with E-state index in [0.29, 0.717) is 0 Å². The van der Waals surface area contributed by atoms with E-state index < -0.39 is 0 Å². The molecule has 1 aromatic rings. The van der Waals surface area contributed by atoms with Gasteiger partial charge in [0.2, 0.25) is 0 Å². The van der Waals surface area contributed by atoms with Crippen molar-refractivity contribution in [3.05, 3.63) is 30.4 Å². The molecule has 85 valence electrons. The van der Waals surface area contributed by atoms with E-state index in [1.165, 1.54) is 5.92 Å². The van der Waals surface area contributed by atoms with Crippen molar-refractivity contribution in [3.63, 3.8) is 0 Å². The molecule has 0 N–H and O–H groups in total. The van der Waals surface area contributed by atoms with Crippen LogP contribution >= 0.6 is 0 Å². The van der Waals surface area contributed by atoms with Gasteiger partial charge in [-0.3, -0.25) is 13.6 Å². The fraction of sp³-hybridized carbons (Fsp3) is 0.300. The summed E-state index contributed by atoms with van der Waals surface area (Å²) in [6, 6.07) is 3.65. The van der Waals surface area contributed by atoms with Gasteiger partial charge in [-0.05, 0) is 12.1 Å². The zero-order valence-electron chi connectivity index (χ0n) is 9.03. The molecule has 0 aromatic carbocycles. The maximum atomic E-state index is 7.75.